The highest BCUT2D eigenvalue weighted by Crippen LogP contribution is 2.34. The summed E-state index contributed by atoms with van der Waals surface area (Å²) in [6.07, 6.45) is 2.18. The van der Waals surface area contributed by atoms with Gasteiger partial charge in [-0.3, -0.25) is 4.79 Å². The molecule has 10 heteroatoms. The van der Waals surface area contributed by atoms with Gasteiger partial charge >= 0.3 is 5.97 Å². The van der Waals surface area contributed by atoms with Crippen LogP contribution in [0.4, 0.5) is 0 Å². The largest absolute Gasteiger partial charge is 0.490 e. The van der Waals surface area contributed by atoms with Crippen molar-refractivity contribution in [3.05, 3.63) is 60.1 Å². The number of hydrogen-bond acceptors (Lipinski definition) is 7. The lowest BCUT2D eigenvalue weighted by atomic mass is 10.1. The molecule has 8 nitrogen and oxygen atoms in total. The fourth-order valence-electron chi connectivity index (χ4n) is 3.40. The third kappa shape index (κ3) is 6.84. The van der Waals surface area contributed by atoms with E-state index in [9.17, 15) is 9.59 Å². The van der Waals surface area contributed by atoms with Crippen LogP contribution < -0.4 is 15.0 Å². The van der Waals surface area contributed by atoms with Crippen molar-refractivity contribution in [2.45, 2.75) is 53.1 Å². The van der Waals surface area contributed by atoms with E-state index in [1.54, 1.807) is 32.2 Å². The van der Waals surface area contributed by atoms with Gasteiger partial charge in [-0.25, -0.2) is 9.78 Å². The lowest BCUT2D eigenvalue weighted by molar-refractivity contribution is -0.149. The number of esters is 1. The number of aromatic nitrogens is 2. The van der Waals surface area contributed by atoms with E-state index in [1.165, 1.54) is 4.68 Å². The Kier molecular flexibility index (Phi) is 9.89. The average molecular weight is 670 g/mol. The molecule has 0 fully saturated rings. The van der Waals surface area contributed by atoms with E-state index >= 15 is 0 Å². The predicted octanol–water partition coefficient (Wildman–Crippen LogP) is 5.89. The smallest absolute Gasteiger partial charge is 0.344 e. The van der Waals surface area contributed by atoms with E-state index in [1.807, 2.05) is 39.0 Å². The molecule has 192 valence electrons. The molecule has 1 aromatic heterocycles. The Hall–Kier alpha value is -2.47. The Morgan fingerprint density at radius 3 is 2.61 bits per heavy atom. The van der Waals surface area contributed by atoms with Crippen molar-refractivity contribution in [2.24, 2.45) is 5.10 Å². The van der Waals surface area contributed by atoms with Gasteiger partial charge in [0.25, 0.3) is 5.56 Å². The van der Waals surface area contributed by atoms with Crippen LogP contribution in [0.2, 0.25) is 0 Å². The minimum absolute atomic E-state index is 0.0309. The Labute approximate surface area is 232 Å². The molecule has 0 N–H and O–H groups in total. The quantitative estimate of drug-likeness (QED) is 0.152. The summed E-state index contributed by atoms with van der Waals surface area (Å²) in [6, 6.07) is 9.05. The highest BCUT2D eigenvalue weighted by Gasteiger charge is 2.17. The second-order valence-electron chi connectivity index (χ2n) is 8.39. The SMILES string of the molecule is CCOc1cc(C=Nn2c([C@H](C)CC)nc3ccc(Br)cc3c2=O)cc(I)c1OCC(=O)OC(C)C. The molecule has 1 atom stereocenters. The second kappa shape index (κ2) is 12.7. The van der Waals surface area contributed by atoms with Gasteiger partial charge in [-0.15, -0.1) is 0 Å². The van der Waals surface area contributed by atoms with Crippen molar-refractivity contribution >= 4 is 61.6 Å². The Morgan fingerprint density at radius 2 is 1.94 bits per heavy atom. The number of halogens is 2. The standard InChI is InChI=1S/C26H29BrIN3O5/c1-6-16(5)25-30-21-9-8-18(27)12-19(21)26(33)31(25)29-13-17-10-20(28)24(22(11-17)34-7-2)35-14-23(32)36-15(3)4/h8-13,15-16H,6-7,14H2,1-5H3/t16-/m1/s1. The normalized spacial score (nSPS) is 12.3. The van der Waals surface area contributed by atoms with Gasteiger partial charge in [0.2, 0.25) is 0 Å². The maximum atomic E-state index is 13.4. The highest BCUT2D eigenvalue weighted by atomic mass is 127. The summed E-state index contributed by atoms with van der Waals surface area (Å²) in [4.78, 5) is 30.0. The van der Waals surface area contributed by atoms with Gasteiger partial charge < -0.3 is 14.2 Å². The zero-order chi connectivity index (χ0) is 26.4. The van der Waals surface area contributed by atoms with Crippen molar-refractivity contribution in [1.29, 1.82) is 0 Å². The van der Waals surface area contributed by atoms with E-state index in [2.05, 4.69) is 43.6 Å². The monoisotopic (exact) mass is 669 g/mol. The molecule has 0 aliphatic carbocycles. The van der Waals surface area contributed by atoms with Gasteiger partial charge in [0, 0.05) is 10.4 Å². The summed E-state index contributed by atoms with van der Waals surface area (Å²) >= 11 is 5.55. The van der Waals surface area contributed by atoms with Crippen LogP contribution in [0.1, 0.15) is 58.3 Å². The zero-order valence-corrected chi connectivity index (χ0v) is 24.6. The van der Waals surface area contributed by atoms with Crippen LogP contribution in [-0.4, -0.2) is 41.2 Å². The minimum atomic E-state index is -0.457. The van der Waals surface area contributed by atoms with E-state index in [0.29, 0.717) is 40.4 Å². The van der Waals surface area contributed by atoms with Gasteiger partial charge in [0.15, 0.2) is 18.1 Å². The number of fused-ring (bicyclic) bond motifs is 1. The van der Waals surface area contributed by atoms with Crippen LogP contribution in [0.25, 0.3) is 10.9 Å². The van der Waals surface area contributed by atoms with Crippen LogP contribution in [0.15, 0.2) is 44.7 Å². The van der Waals surface area contributed by atoms with Gasteiger partial charge in [-0.05, 0) is 85.7 Å². The van der Waals surface area contributed by atoms with Gasteiger partial charge in [-0.2, -0.15) is 9.78 Å². The molecule has 1 heterocycles. The lowest BCUT2D eigenvalue weighted by Crippen LogP contribution is -2.23. The van der Waals surface area contributed by atoms with Crippen LogP contribution in [0.5, 0.6) is 11.5 Å². The van der Waals surface area contributed by atoms with Gasteiger partial charge in [-0.1, -0.05) is 29.8 Å². The topological polar surface area (TPSA) is 92.0 Å². The maximum Gasteiger partial charge on any atom is 0.344 e. The van der Waals surface area contributed by atoms with Crippen LogP contribution >= 0.6 is 38.5 Å². The summed E-state index contributed by atoms with van der Waals surface area (Å²) in [7, 11) is 0. The highest BCUT2D eigenvalue weighted by molar-refractivity contribution is 14.1. The third-order valence-electron chi connectivity index (χ3n) is 5.24. The lowest BCUT2D eigenvalue weighted by Gasteiger charge is -2.15. The van der Waals surface area contributed by atoms with E-state index in [-0.39, 0.29) is 24.2 Å². The van der Waals surface area contributed by atoms with Crippen molar-refractivity contribution in [3.63, 3.8) is 0 Å². The van der Waals surface area contributed by atoms with E-state index < -0.39 is 5.97 Å². The molecular formula is C26H29BrIN3O5. The molecular weight excluding hydrogens is 641 g/mol. The van der Waals surface area contributed by atoms with Crippen molar-refractivity contribution in [1.82, 2.24) is 9.66 Å². The molecule has 0 bridgehead atoms. The first kappa shape index (κ1) is 28.1. The summed E-state index contributed by atoms with van der Waals surface area (Å²) in [5, 5.41) is 5.01. The van der Waals surface area contributed by atoms with Crippen molar-refractivity contribution < 1.29 is 19.0 Å². The summed E-state index contributed by atoms with van der Waals surface area (Å²) in [5.74, 6) is 1.09. The molecule has 0 aliphatic rings. The number of nitrogens with zero attached hydrogens (tertiary/aromatic N) is 3. The average Bonchev–Trinajstić information content (AvgIpc) is 2.82. The number of carbonyl (C=O) groups is 1. The summed E-state index contributed by atoms with van der Waals surface area (Å²) in [6.45, 7) is 9.67. The Morgan fingerprint density at radius 1 is 1.19 bits per heavy atom. The number of rotatable bonds is 10. The molecule has 2 aromatic carbocycles. The van der Waals surface area contributed by atoms with Crippen molar-refractivity contribution in [3.8, 4) is 11.5 Å². The fourth-order valence-corrected chi connectivity index (χ4v) is 4.54. The first-order valence-electron chi connectivity index (χ1n) is 11.7. The molecule has 0 saturated heterocycles. The third-order valence-corrected chi connectivity index (χ3v) is 6.54. The molecule has 0 aliphatic heterocycles. The Balaban J connectivity index is 2.01. The summed E-state index contributed by atoms with van der Waals surface area (Å²) in [5.41, 5.74) is 1.10. The van der Waals surface area contributed by atoms with Gasteiger partial charge in [0.05, 0.1) is 33.4 Å². The minimum Gasteiger partial charge on any atom is -0.490 e. The molecule has 0 spiro atoms. The summed E-state index contributed by atoms with van der Waals surface area (Å²) < 4.78 is 19.5. The first-order chi connectivity index (χ1) is 17.1. The van der Waals surface area contributed by atoms with Crippen molar-refractivity contribution in [2.75, 3.05) is 13.2 Å². The van der Waals surface area contributed by atoms with Gasteiger partial charge in [0.1, 0.15) is 5.82 Å². The molecule has 0 radical (unpaired) electrons. The number of ether oxygens (including phenoxy) is 3. The predicted molar refractivity (Wildman–Crippen MR) is 152 cm³/mol. The molecule has 0 saturated carbocycles. The zero-order valence-electron chi connectivity index (χ0n) is 20.9. The van der Waals surface area contributed by atoms with Crippen LogP contribution in [-0.2, 0) is 9.53 Å². The van der Waals surface area contributed by atoms with E-state index in [0.717, 1.165) is 14.5 Å². The number of carbonyl (C=O) groups excluding carboxylic acids is 1. The maximum absolute atomic E-state index is 13.4. The fraction of sp³-hybridized carbons (Fsp3) is 0.385. The number of benzene rings is 2. The second-order valence-corrected chi connectivity index (χ2v) is 10.5. The van der Waals surface area contributed by atoms with E-state index in [4.69, 9.17) is 19.2 Å². The molecule has 3 rings (SSSR count). The molecule has 3 aromatic rings. The molecule has 0 unspecified atom stereocenters. The molecule has 36 heavy (non-hydrogen) atoms. The Bertz CT molecular complexity index is 1340. The first-order valence-corrected chi connectivity index (χ1v) is 13.6. The van der Waals surface area contributed by atoms with Crippen LogP contribution in [0, 0.1) is 3.57 Å². The number of hydrogen-bond donors (Lipinski definition) is 0. The molecule has 0 amide bonds. The van der Waals surface area contributed by atoms with Crippen LogP contribution in [0.3, 0.4) is 0 Å².